The fraction of sp³-hybridized carbons (Fsp3) is 0.0714. The average molecular weight is 294 g/mol. The highest BCUT2D eigenvalue weighted by Crippen LogP contribution is 2.21. The Hall–Kier alpha value is -3.29. The lowest BCUT2D eigenvalue weighted by molar-refractivity contribution is 0.0693. The number of carboxylic acid groups (broad SMARTS) is 1. The normalized spacial score (nSPS) is 11.3. The van der Waals surface area contributed by atoms with Gasteiger partial charge in [0, 0.05) is 5.69 Å². The summed E-state index contributed by atoms with van der Waals surface area (Å²) >= 11 is 0. The van der Waals surface area contributed by atoms with Crippen molar-refractivity contribution >= 4 is 17.3 Å². The van der Waals surface area contributed by atoms with Crippen LogP contribution in [0.3, 0.4) is 0 Å². The zero-order chi connectivity index (χ0) is 15.3. The van der Waals surface area contributed by atoms with Gasteiger partial charge in [0.1, 0.15) is 12.7 Å². The van der Waals surface area contributed by atoms with E-state index in [0.29, 0.717) is 17.0 Å². The van der Waals surface area contributed by atoms with E-state index in [-0.39, 0.29) is 5.69 Å². The highest BCUT2D eigenvalue weighted by molar-refractivity contribution is 5.92. The lowest BCUT2D eigenvalue weighted by Gasteiger charge is -2.07. The van der Waals surface area contributed by atoms with Crippen LogP contribution in [0.25, 0.3) is 22.7 Å². The summed E-state index contributed by atoms with van der Waals surface area (Å²) in [5.41, 5.74) is 3.11. The molecule has 0 aliphatic heterocycles. The molecule has 108 valence electrons. The molecular weight excluding hydrogens is 284 g/mol. The summed E-state index contributed by atoms with van der Waals surface area (Å²) in [5.74, 6) is -1.11. The van der Waals surface area contributed by atoms with Crippen molar-refractivity contribution in [2.75, 3.05) is 0 Å². The van der Waals surface area contributed by atoms with Crippen molar-refractivity contribution in [2.45, 2.75) is 6.92 Å². The van der Waals surface area contributed by atoms with Gasteiger partial charge in [0.05, 0.1) is 11.4 Å². The maximum absolute atomic E-state index is 11.3. The Bertz CT molecular complexity index is 1030. The maximum Gasteiger partial charge on any atom is 0.358 e. The molecule has 0 aromatic carbocycles. The summed E-state index contributed by atoms with van der Waals surface area (Å²) in [7, 11) is 0. The fourth-order valence-electron chi connectivity index (χ4n) is 2.44. The number of carboxylic acids is 1. The van der Waals surface area contributed by atoms with Crippen molar-refractivity contribution in [2.24, 2.45) is 0 Å². The Morgan fingerprint density at radius 3 is 2.95 bits per heavy atom. The van der Waals surface area contributed by atoms with Gasteiger partial charge in [-0.05, 0) is 25.1 Å². The van der Waals surface area contributed by atoms with Crippen molar-refractivity contribution in [1.29, 1.82) is 0 Å². The quantitative estimate of drug-likeness (QED) is 0.601. The van der Waals surface area contributed by atoms with E-state index in [1.165, 1.54) is 12.7 Å². The summed E-state index contributed by atoms with van der Waals surface area (Å²) in [4.78, 5) is 23.8. The van der Waals surface area contributed by atoms with E-state index < -0.39 is 5.97 Å². The van der Waals surface area contributed by atoms with Crippen LogP contribution in [0.15, 0.2) is 36.9 Å². The minimum Gasteiger partial charge on any atom is -0.476 e. The van der Waals surface area contributed by atoms with Crippen molar-refractivity contribution in [3.63, 3.8) is 0 Å². The molecule has 0 aliphatic rings. The molecule has 4 rings (SSSR count). The first-order chi connectivity index (χ1) is 10.6. The summed E-state index contributed by atoms with van der Waals surface area (Å²) in [6.07, 6.45) is 2.92. The first-order valence-corrected chi connectivity index (χ1v) is 6.52. The number of rotatable bonds is 2. The molecule has 1 N–H and O–H groups in total. The highest BCUT2D eigenvalue weighted by Gasteiger charge is 2.16. The number of imidazole rings is 1. The standard InChI is InChI=1S/C14H10N6O2/c1-8-5-9(10-3-2-4-11-15-6-17-20(10)11)18-13-12(14(21)22)16-7-19(8)13/h2-7H,1H3,(H,21,22). The van der Waals surface area contributed by atoms with Gasteiger partial charge < -0.3 is 5.11 Å². The third kappa shape index (κ3) is 1.67. The van der Waals surface area contributed by atoms with E-state index in [4.69, 9.17) is 0 Å². The highest BCUT2D eigenvalue weighted by atomic mass is 16.4. The van der Waals surface area contributed by atoms with Crippen LogP contribution in [-0.4, -0.2) is 40.0 Å². The summed E-state index contributed by atoms with van der Waals surface area (Å²) in [6, 6.07) is 7.41. The first kappa shape index (κ1) is 12.5. The summed E-state index contributed by atoms with van der Waals surface area (Å²) in [6.45, 7) is 1.87. The second-order valence-corrected chi connectivity index (χ2v) is 4.82. The second kappa shape index (κ2) is 4.35. The van der Waals surface area contributed by atoms with Crippen LogP contribution in [0, 0.1) is 6.92 Å². The van der Waals surface area contributed by atoms with E-state index in [0.717, 1.165) is 11.4 Å². The van der Waals surface area contributed by atoms with Crippen LogP contribution >= 0.6 is 0 Å². The van der Waals surface area contributed by atoms with Gasteiger partial charge in [0.25, 0.3) is 0 Å². The van der Waals surface area contributed by atoms with Gasteiger partial charge in [-0.1, -0.05) is 6.07 Å². The lowest BCUT2D eigenvalue weighted by atomic mass is 10.2. The van der Waals surface area contributed by atoms with Crippen LogP contribution in [-0.2, 0) is 0 Å². The zero-order valence-corrected chi connectivity index (χ0v) is 11.5. The fourth-order valence-corrected chi connectivity index (χ4v) is 2.44. The lowest BCUT2D eigenvalue weighted by Crippen LogP contribution is -2.03. The summed E-state index contributed by atoms with van der Waals surface area (Å²) in [5, 5.41) is 13.4. The molecule has 0 saturated heterocycles. The molecule has 0 saturated carbocycles. The molecule has 0 spiro atoms. The monoisotopic (exact) mass is 294 g/mol. The molecule has 22 heavy (non-hydrogen) atoms. The van der Waals surface area contributed by atoms with Gasteiger partial charge in [0.15, 0.2) is 17.0 Å². The molecule has 4 aromatic heterocycles. The third-order valence-electron chi connectivity index (χ3n) is 3.46. The van der Waals surface area contributed by atoms with Crippen LogP contribution in [0.2, 0.25) is 0 Å². The van der Waals surface area contributed by atoms with Crippen molar-refractivity contribution < 1.29 is 9.90 Å². The van der Waals surface area contributed by atoms with E-state index in [2.05, 4.69) is 20.1 Å². The molecule has 0 radical (unpaired) electrons. The Labute approximate surface area is 123 Å². The Morgan fingerprint density at radius 1 is 1.27 bits per heavy atom. The Balaban J connectivity index is 2.05. The number of fused-ring (bicyclic) bond motifs is 2. The molecule has 0 bridgehead atoms. The molecule has 8 heteroatoms. The molecule has 0 amide bonds. The molecule has 0 aliphatic carbocycles. The number of pyridine rings is 1. The van der Waals surface area contributed by atoms with Gasteiger partial charge in [-0.25, -0.2) is 24.3 Å². The smallest absolute Gasteiger partial charge is 0.358 e. The van der Waals surface area contributed by atoms with Crippen molar-refractivity contribution in [1.82, 2.24) is 29.0 Å². The first-order valence-electron chi connectivity index (χ1n) is 6.52. The molecule has 0 fully saturated rings. The number of aromatic carboxylic acids is 1. The largest absolute Gasteiger partial charge is 0.476 e. The number of hydrogen-bond donors (Lipinski definition) is 1. The van der Waals surface area contributed by atoms with Crippen molar-refractivity contribution in [3.8, 4) is 11.4 Å². The van der Waals surface area contributed by atoms with E-state index in [9.17, 15) is 9.90 Å². The van der Waals surface area contributed by atoms with E-state index in [1.807, 2.05) is 31.2 Å². The minimum atomic E-state index is -1.11. The number of hydrogen-bond acceptors (Lipinski definition) is 5. The third-order valence-corrected chi connectivity index (χ3v) is 3.46. The molecule has 0 unspecified atom stereocenters. The van der Waals surface area contributed by atoms with Gasteiger partial charge in [-0.2, -0.15) is 5.10 Å². The van der Waals surface area contributed by atoms with Gasteiger partial charge in [-0.3, -0.25) is 4.40 Å². The number of carbonyl (C=O) groups is 1. The SMILES string of the molecule is Cc1cc(-c2cccc3ncnn23)nc2c(C(=O)O)ncn12. The molecule has 0 atom stereocenters. The summed E-state index contributed by atoms with van der Waals surface area (Å²) < 4.78 is 3.31. The maximum atomic E-state index is 11.3. The van der Waals surface area contributed by atoms with Crippen LogP contribution < -0.4 is 0 Å². The Morgan fingerprint density at radius 2 is 2.14 bits per heavy atom. The van der Waals surface area contributed by atoms with Gasteiger partial charge >= 0.3 is 5.97 Å². The minimum absolute atomic E-state index is 0.0734. The molecule has 8 nitrogen and oxygen atoms in total. The van der Waals surface area contributed by atoms with Crippen LogP contribution in [0.1, 0.15) is 16.2 Å². The predicted octanol–water partition coefficient (Wildman–Crippen LogP) is 1.45. The molecule has 4 aromatic rings. The van der Waals surface area contributed by atoms with E-state index >= 15 is 0 Å². The average Bonchev–Trinajstić information content (AvgIpc) is 3.13. The van der Waals surface area contributed by atoms with Gasteiger partial charge in [0.2, 0.25) is 0 Å². The topological polar surface area (TPSA) is 97.7 Å². The van der Waals surface area contributed by atoms with Crippen molar-refractivity contribution in [3.05, 3.63) is 48.3 Å². The van der Waals surface area contributed by atoms with Crippen LogP contribution in [0.5, 0.6) is 0 Å². The van der Waals surface area contributed by atoms with E-state index in [1.54, 1.807) is 8.92 Å². The second-order valence-electron chi connectivity index (χ2n) is 4.82. The predicted molar refractivity (Wildman–Crippen MR) is 76.7 cm³/mol. The molecule has 4 heterocycles. The number of aryl methyl sites for hydroxylation is 1. The van der Waals surface area contributed by atoms with Crippen LogP contribution in [0.4, 0.5) is 0 Å². The zero-order valence-electron chi connectivity index (χ0n) is 11.5. The number of nitrogens with zero attached hydrogens (tertiary/aromatic N) is 6. The number of aromatic nitrogens is 6. The molecular formula is C14H10N6O2. The Kier molecular flexibility index (Phi) is 2.46. The van der Waals surface area contributed by atoms with Gasteiger partial charge in [-0.15, -0.1) is 0 Å².